The van der Waals surface area contributed by atoms with Gasteiger partial charge in [-0.05, 0) is 0 Å². The summed E-state index contributed by atoms with van der Waals surface area (Å²) >= 11 is 0. The maximum Gasteiger partial charge on any atom is 0.410 e. The van der Waals surface area contributed by atoms with Crippen molar-refractivity contribution in [3.8, 4) is 0 Å². The van der Waals surface area contributed by atoms with Crippen LogP contribution in [0.2, 0.25) is 0 Å². The lowest BCUT2D eigenvalue weighted by Crippen LogP contribution is -2.60. The molecule has 2 fully saturated rings. The van der Waals surface area contributed by atoms with E-state index in [2.05, 4.69) is 10.1 Å². The molecule has 0 spiro atoms. The molecule has 0 saturated carbocycles. The molecule has 14 heavy (non-hydrogen) atoms. The van der Waals surface area contributed by atoms with E-state index >= 15 is 0 Å². The second-order valence-electron chi connectivity index (χ2n) is 3.29. The number of nitrogens with one attached hydrogen (secondary N) is 1. The van der Waals surface area contributed by atoms with E-state index in [4.69, 9.17) is 4.74 Å². The Morgan fingerprint density at radius 2 is 2.50 bits per heavy atom. The van der Waals surface area contributed by atoms with Gasteiger partial charge in [0.15, 0.2) is 0 Å². The number of nitrogens with zero attached hydrogens (tertiary/aromatic N) is 1. The molecular weight excluding hydrogens is 188 g/mol. The Morgan fingerprint density at radius 1 is 1.71 bits per heavy atom. The molecule has 6 heteroatoms. The van der Waals surface area contributed by atoms with Gasteiger partial charge in [-0.15, -0.1) is 0 Å². The van der Waals surface area contributed by atoms with Gasteiger partial charge >= 0.3 is 12.1 Å². The number of esters is 1. The zero-order valence-electron chi connectivity index (χ0n) is 7.86. The average Bonchev–Trinajstić information content (AvgIpc) is 2.59. The Morgan fingerprint density at radius 3 is 3.21 bits per heavy atom. The van der Waals surface area contributed by atoms with Crippen LogP contribution < -0.4 is 5.32 Å². The number of hydrogen-bond acceptors (Lipinski definition) is 5. The number of piperazine rings is 1. The number of fused-ring (bicyclic) bond motifs is 1. The molecule has 78 valence electrons. The van der Waals surface area contributed by atoms with Crippen LogP contribution >= 0.6 is 0 Å². The van der Waals surface area contributed by atoms with E-state index < -0.39 is 6.04 Å². The Bertz CT molecular complexity index is 268. The van der Waals surface area contributed by atoms with E-state index in [1.807, 2.05) is 0 Å². The van der Waals surface area contributed by atoms with Crippen LogP contribution in [0.15, 0.2) is 0 Å². The predicted molar refractivity (Wildman–Crippen MR) is 45.6 cm³/mol. The lowest BCUT2D eigenvalue weighted by Gasteiger charge is -2.33. The fourth-order valence-electron chi connectivity index (χ4n) is 1.84. The maximum absolute atomic E-state index is 11.3. The highest BCUT2D eigenvalue weighted by Crippen LogP contribution is 2.18. The van der Waals surface area contributed by atoms with Gasteiger partial charge in [0.05, 0.1) is 13.2 Å². The largest absolute Gasteiger partial charge is 0.468 e. The molecule has 2 heterocycles. The number of hydrogen-bond donors (Lipinski definition) is 1. The number of amides is 1. The Kier molecular flexibility index (Phi) is 2.28. The fourth-order valence-corrected chi connectivity index (χ4v) is 1.84. The summed E-state index contributed by atoms with van der Waals surface area (Å²) in [5, 5.41) is 3.01. The highest BCUT2D eigenvalue weighted by Gasteiger charge is 2.44. The zero-order chi connectivity index (χ0) is 10.1. The van der Waals surface area contributed by atoms with Crippen molar-refractivity contribution in [3.05, 3.63) is 0 Å². The molecule has 1 N–H and O–H groups in total. The molecule has 2 aliphatic rings. The van der Waals surface area contributed by atoms with E-state index in [-0.39, 0.29) is 24.7 Å². The third kappa shape index (κ3) is 1.31. The molecule has 0 aliphatic carbocycles. The van der Waals surface area contributed by atoms with Crippen LogP contribution in [0.1, 0.15) is 0 Å². The number of rotatable bonds is 1. The van der Waals surface area contributed by atoms with Crippen molar-refractivity contribution in [1.29, 1.82) is 0 Å². The molecule has 0 unspecified atom stereocenters. The summed E-state index contributed by atoms with van der Waals surface area (Å²) in [6.07, 6.45) is -0.342. The van der Waals surface area contributed by atoms with Crippen LogP contribution in [-0.4, -0.2) is 55.9 Å². The highest BCUT2D eigenvalue weighted by molar-refractivity contribution is 5.79. The number of carbonyl (C=O) groups excluding carboxylic acids is 2. The normalized spacial score (nSPS) is 30.9. The summed E-state index contributed by atoms with van der Waals surface area (Å²) in [7, 11) is 1.33. The molecule has 2 aliphatic heterocycles. The minimum Gasteiger partial charge on any atom is -0.468 e. The standard InChI is InChI=1S/C8H12N2O4/c1-13-7(11)6-5-4-14-8(12)10(5)3-2-9-6/h5-6,9H,2-4H2,1H3/t5-,6+/m0/s1. The van der Waals surface area contributed by atoms with E-state index in [1.165, 1.54) is 7.11 Å². The molecule has 0 radical (unpaired) electrons. The topological polar surface area (TPSA) is 67.9 Å². The summed E-state index contributed by atoms with van der Waals surface area (Å²) in [6.45, 7) is 1.42. The van der Waals surface area contributed by atoms with Crippen LogP contribution in [0.5, 0.6) is 0 Å². The maximum atomic E-state index is 11.3. The third-order valence-electron chi connectivity index (χ3n) is 2.57. The van der Waals surface area contributed by atoms with Crippen LogP contribution in [-0.2, 0) is 14.3 Å². The predicted octanol–water partition coefficient (Wildman–Crippen LogP) is -1.05. The fraction of sp³-hybridized carbons (Fsp3) is 0.750. The van der Waals surface area contributed by atoms with Gasteiger partial charge in [-0.2, -0.15) is 0 Å². The van der Waals surface area contributed by atoms with Crippen molar-refractivity contribution < 1.29 is 19.1 Å². The zero-order valence-corrected chi connectivity index (χ0v) is 7.86. The molecular formula is C8H12N2O4. The van der Waals surface area contributed by atoms with Gasteiger partial charge in [-0.3, -0.25) is 9.69 Å². The molecule has 0 aromatic heterocycles. The van der Waals surface area contributed by atoms with E-state index in [0.717, 1.165) is 0 Å². The van der Waals surface area contributed by atoms with Gasteiger partial charge in [-0.1, -0.05) is 0 Å². The Hall–Kier alpha value is -1.30. The molecule has 1 amide bonds. The first kappa shape index (κ1) is 9.26. The third-order valence-corrected chi connectivity index (χ3v) is 2.57. The second-order valence-corrected chi connectivity index (χ2v) is 3.29. The van der Waals surface area contributed by atoms with Gasteiger partial charge in [0.1, 0.15) is 12.6 Å². The summed E-state index contributed by atoms with van der Waals surface area (Å²) < 4.78 is 9.50. The summed E-state index contributed by atoms with van der Waals surface area (Å²) in [4.78, 5) is 24.1. The first-order valence-electron chi connectivity index (χ1n) is 4.48. The summed E-state index contributed by atoms with van der Waals surface area (Å²) in [5.41, 5.74) is 0. The van der Waals surface area contributed by atoms with Gasteiger partial charge in [0.25, 0.3) is 0 Å². The van der Waals surface area contributed by atoms with Crippen molar-refractivity contribution in [3.63, 3.8) is 0 Å². The quantitative estimate of drug-likeness (QED) is 0.547. The minimum atomic E-state index is -0.458. The lowest BCUT2D eigenvalue weighted by molar-refractivity contribution is -0.145. The smallest absolute Gasteiger partial charge is 0.410 e. The van der Waals surface area contributed by atoms with Crippen LogP contribution in [0.3, 0.4) is 0 Å². The average molecular weight is 200 g/mol. The summed E-state index contributed by atoms with van der Waals surface area (Å²) in [6, 6.07) is -0.677. The Labute approximate surface area is 81.1 Å². The SMILES string of the molecule is COC(=O)[C@@H]1NCCN2C(=O)OC[C@@H]12. The van der Waals surface area contributed by atoms with Crippen molar-refractivity contribution in [1.82, 2.24) is 10.2 Å². The van der Waals surface area contributed by atoms with Gasteiger partial charge < -0.3 is 14.8 Å². The monoisotopic (exact) mass is 200 g/mol. The number of carbonyl (C=O) groups is 2. The molecule has 6 nitrogen and oxygen atoms in total. The molecule has 2 atom stereocenters. The van der Waals surface area contributed by atoms with Gasteiger partial charge in [-0.25, -0.2) is 4.79 Å². The van der Waals surface area contributed by atoms with Crippen molar-refractivity contribution in [2.45, 2.75) is 12.1 Å². The second kappa shape index (κ2) is 3.45. The van der Waals surface area contributed by atoms with Crippen molar-refractivity contribution in [2.75, 3.05) is 26.8 Å². The molecule has 0 aromatic carbocycles. The summed E-state index contributed by atoms with van der Waals surface area (Å²) in [5.74, 6) is -0.349. The first-order chi connectivity index (χ1) is 6.74. The number of cyclic esters (lactones) is 1. The Balaban J connectivity index is 2.12. The number of methoxy groups -OCH3 is 1. The molecule has 0 aromatic rings. The molecule has 2 saturated heterocycles. The van der Waals surface area contributed by atoms with E-state index in [1.54, 1.807) is 4.90 Å². The van der Waals surface area contributed by atoms with Crippen LogP contribution in [0.25, 0.3) is 0 Å². The van der Waals surface area contributed by atoms with Gasteiger partial charge in [0, 0.05) is 13.1 Å². The van der Waals surface area contributed by atoms with Gasteiger partial charge in [0.2, 0.25) is 0 Å². The first-order valence-corrected chi connectivity index (χ1v) is 4.48. The number of ether oxygens (including phenoxy) is 2. The molecule has 0 bridgehead atoms. The lowest BCUT2D eigenvalue weighted by atomic mass is 10.1. The van der Waals surface area contributed by atoms with Crippen LogP contribution in [0, 0.1) is 0 Å². The van der Waals surface area contributed by atoms with Crippen LogP contribution in [0.4, 0.5) is 4.79 Å². The highest BCUT2D eigenvalue weighted by atomic mass is 16.6. The molecule has 2 rings (SSSR count). The minimum absolute atomic E-state index is 0.219. The van der Waals surface area contributed by atoms with Crippen molar-refractivity contribution >= 4 is 12.1 Å². The van der Waals surface area contributed by atoms with E-state index in [0.29, 0.717) is 13.1 Å². The van der Waals surface area contributed by atoms with Crippen molar-refractivity contribution in [2.24, 2.45) is 0 Å². The van der Waals surface area contributed by atoms with E-state index in [9.17, 15) is 9.59 Å².